The molecule has 0 amide bonds. The molecule has 0 spiro atoms. The number of morpholine rings is 1. The van der Waals surface area contributed by atoms with Gasteiger partial charge in [-0.1, -0.05) is 12.1 Å². The van der Waals surface area contributed by atoms with Crippen LogP contribution >= 0.6 is 0 Å². The van der Waals surface area contributed by atoms with E-state index in [1.54, 1.807) is 12.1 Å². The summed E-state index contributed by atoms with van der Waals surface area (Å²) in [4.78, 5) is 0.349. The van der Waals surface area contributed by atoms with Gasteiger partial charge in [-0.2, -0.15) is 4.31 Å². The zero-order valence-electron chi connectivity index (χ0n) is 12.2. The second kappa shape index (κ2) is 5.81. The van der Waals surface area contributed by atoms with E-state index in [9.17, 15) is 8.42 Å². The predicted octanol–water partition coefficient (Wildman–Crippen LogP) is 1.25. The Labute approximate surface area is 120 Å². The predicted molar refractivity (Wildman–Crippen MR) is 77.8 cm³/mol. The molecular weight excluding hydrogens is 276 g/mol. The normalized spacial score (nSPS) is 24.8. The maximum atomic E-state index is 12.8. The lowest BCUT2D eigenvalue weighted by Gasteiger charge is -2.34. The van der Waals surface area contributed by atoms with E-state index < -0.39 is 10.0 Å². The van der Waals surface area contributed by atoms with Crippen molar-refractivity contribution in [3.05, 3.63) is 29.3 Å². The first-order valence-electron chi connectivity index (χ1n) is 6.80. The lowest BCUT2D eigenvalue weighted by atomic mass is 10.1. The first kappa shape index (κ1) is 15.4. The number of benzene rings is 1. The fourth-order valence-electron chi connectivity index (χ4n) is 2.63. The molecule has 1 fully saturated rings. The molecule has 2 unspecified atom stereocenters. The number of rotatable bonds is 3. The fourth-order valence-corrected chi connectivity index (χ4v) is 4.49. The summed E-state index contributed by atoms with van der Waals surface area (Å²) >= 11 is 0. The lowest BCUT2D eigenvalue weighted by molar-refractivity contribution is -0.0440. The Kier molecular flexibility index (Phi) is 4.49. The largest absolute Gasteiger partial charge is 0.373 e. The van der Waals surface area contributed by atoms with Crippen LogP contribution in [-0.2, 0) is 21.3 Å². The molecule has 1 saturated heterocycles. The first-order valence-corrected chi connectivity index (χ1v) is 8.24. The van der Waals surface area contributed by atoms with Crippen LogP contribution in [0.1, 0.15) is 25.0 Å². The summed E-state index contributed by atoms with van der Waals surface area (Å²) in [7, 11) is -3.49. The van der Waals surface area contributed by atoms with Crippen LogP contribution in [0.3, 0.4) is 0 Å². The number of sulfonamides is 1. The molecule has 0 aliphatic carbocycles. The van der Waals surface area contributed by atoms with Crippen molar-refractivity contribution in [1.29, 1.82) is 0 Å². The Morgan fingerprint density at radius 3 is 2.45 bits per heavy atom. The molecule has 1 aliphatic rings. The van der Waals surface area contributed by atoms with Gasteiger partial charge in [0.1, 0.15) is 0 Å². The highest BCUT2D eigenvalue weighted by atomic mass is 32.2. The molecular formula is C14H22N2O3S. The number of ether oxygens (including phenoxy) is 1. The molecule has 2 rings (SSSR count). The van der Waals surface area contributed by atoms with Crippen molar-refractivity contribution in [2.24, 2.45) is 5.73 Å². The van der Waals surface area contributed by atoms with Crippen molar-refractivity contribution >= 4 is 10.0 Å². The lowest BCUT2D eigenvalue weighted by Crippen LogP contribution is -2.48. The van der Waals surface area contributed by atoms with Gasteiger partial charge in [-0.25, -0.2) is 8.42 Å². The SMILES string of the molecule is Cc1c(CN)cccc1S(=O)(=O)N1CC(C)OC(C)C1. The van der Waals surface area contributed by atoms with Gasteiger partial charge < -0.3 is 10.5 Å². The van der Waals surface area contributed by atoms with Crippen LogP contribution in [0.5, 0.6) is 0 Å². The Morgan fingerprint density at radius 2 is 1.90 bits per heavy atom. The third-order valence-corrected chi connectivity index (χ3v) is 5.60. The summed E-state index contributed by atoms with van der Waals surface area (Å²) in [5.41, 5.74) is 7.26. The summed E-state index contributed by atoms with van der Waals surface area (Å²) in [5, 5.41) is 0. The molecule has 2 atom stereocenters. The second-order valence-electron chi connectivity index (χ2n) is 5.32. The minimum absolute atomic E-state index is 0.0912. The zero-order chi connectivity index (χ0) is 14.9. The maximum absolute atomic E-state index is 12.8. The van der Waals surface area contributed by atoms with Gasteiger partial charge in [-0.15, -0.1) is 0 Å². The van der Waals surface area contributed by atoms with Crippen LogP contribution in [0, 0.1) is 6.92 Å². The van der Waals surface area contributed by atoms with Gasteiger partial charge in [0.25, 0.3) is 0 Å². The van der Waals surface area contributed by atoms with Gasteiger partial charge in [-0.3, -0.25) is 0 Å². The smallest absolute Gasteiger partial charge is 0.243 e. The Morgan fingerprint density at radius 1 is 1.30 bits per heavy atom. The molecule has 0 radical (unpaired) electrons. The van der Waals surface area contributed by atoms with Crippen LogP contribution in [-0.4, -0.2) is 38.0 Å². The van der Waals surface area contributed by atoms with Gasteiger partial charge in [0.15, 0.2) is 0 Å². The van der Waals surface area contributed by atoms with E-state index in [0.717, 1.165) is 11.1 Å². The van der Waals surface area contributed by atoms with Crippen molar-refractivity contribution in [2.75, 3.05) is 13.1 Å². The molecule has 1 heterocycles. The van der Waals surface area contributed by atoms with Gasteiger partial charge >= 0.3 is 0 Å². The Balaban J connectivity index is 2.40. The van der Waals surface area contributed by atoms with E-state index in [2.05, 4.69) is 0 Å². The Bertz CT molecular complexity index is 576. The average Bonchev–Trinajstić information content (AvgIpc) is 2.37. The zero-order valence-corrected chi connectivity index (χ0v) is 13.0. The van der Waals surface area contributed by atoms with Crippen molar-refractivity contribution in [3.8, 4) is 0 Å². The van der Waals surface area contributed by atoms with Gasteiger partial charge in [0, 0.05) is 19.6 Å². The third kappa shape index (κ3) is 2.88. The number of hydrogen-bond acceptors (Lipinski definition) is 4. The molecule has 1 aliphatic heterocycles. The summed E-state index contributed by atoms with van der Waals surface area (Å²) in [6.45, 7) is 6.70. The quantitative estimate of drug-likeness (QED) is 0.911. The Hall–Kier alpha value is -0.950. The molecule has 0 bridgehead atoms. The molecule has 0 aromatic heterocycles. The van der Waals surface area contributed by atoms with E-state index >= 15 is 0 Å². The van der Waals surface area contributed by atoms with Crippen LogP contribution in [0.15, 0.2) is 23.1 Å². The van der Waals surface area contributed by atoms with Crippen LogP contribution < -0.4 is 5.73 Å². The topological polar surface area (TPSA) is 72.6 Å². The van der Waals surface area contributed by atoms with E-state index in [0.29, 0.717) is 24.5 Å². The molecule has 20 heavy (non-hydrogen) atoms. The molecule has 6 heteroatoms. The van der Waals surface area contributed by atoms with Gasteiger partial charge in [0.2, 0.25) is 10.0 Å². The minimum atomic E-state index is -3.49. The van der Waals surface area contributed by atoms with Crippen molar-refractivity contribution in [3.63, 3.8) is 0 Å². The monoisotopic (exact) mass is 298 g/mol. The number of hydrogen-bond donors (Lipinski definition) is 1. The van der Waals surface area contributed by atoms with Crippen molar-refractivity contribution in [2.45, 2.75) is 44.4 Å². The van der Waals surface area contributed by atoms with Crippen LogP contribution in [0.4, 0.5) is 0 Å². The van der Waals surface area contributed by atoms with Crippen LogP contribution in [0.25, 0.3) is 0 Å². The van der Waals surface area contributed by atoms with Gasteiger partial charge in [-0.05, 0) is 38.0 Å². The fraction of sp³-hybridized carbons (Fsp3) is 0.571. The van der Waals surface area contributed by atoms with Crippen molar-refractivity contribution < 1.29 is 13.2 Å². The average molecular weight is 298 g/mol. The molecule has 1 aromatic carbocycles. The third-order valence-electron chi connectivity index (χ3n) is 3.62. The highest BCUT2D eigenvalue weighted by Crippen LogP contribution is 2.25. The van der Waals surface area contributed by atoms with E-state index in [1.165, 1.54) is 4.31 Å². The molecule has 0 saturated carbocycles. The van der Waals surface area contributed by atoms with E-state index in [4.69, 9.17) is 10.5 Å². The maximum Gasteiger partial charge on any atom is 0.243 e. The second-order valence-corrected chi connectivity index (χ2v) is 7.23. The van der Waals surface area contributed by atoms with Gasteiger partial charge in [0.05, 0.1) is 17.1 Å². The summed E-state index contributed by atoms with van der Waals surface area (Å²) in [6.07, 6.45) is -0.182. The number of nitrogens with two attached hydrogens (primary N) is 1. The van der Waals surface area contributed by atoms with E-state index in [-0.39, 0.29) is 12.2 Å². The highest BCUT2D eigenvalue weighted by molar-refractivity contribution is 7.89. The van der Waals surface area contributed by atoms with E-state index in [1.807, 2.05) is 26.8 Å². The minimum Gasteiger partial charge on any atom is -0.373 e. The van der Waals surface area contributed by atoms with Crippen molar-refractivity contribution in [1.82, 2.24) is 4.31 Å². The standard InChI is InChI=1S/C14H22N2O3S/c1-10-8-16(9-11(2)19-10)20(17,18)14-6-4-5-13(7-15)12(14)3/h4-6,10-11H,7-9,15H2,1-3H3. The van der Waals surface area contributed by atoms with Crippen LogP contribution in [0.2, 0.25) is 0 Å². The molecule has 5 nitrogen and oxygen atoms in total. The molecule has 1 aromatic rings. The summed E-state index contributed by atoms with van der Waals surface area (Å²) in [5.74, 6) is 0. The molecule has 2 N–H and O–H groups in total. The number of nitrogens with zero attached hydrogens (tertiary/aromatic N) is 1. The summed E-state index contributed by atoms with van der Waals surface area (Å²) < 4.78 is 32.7. The summed E-state index contributed by atoms with van der Waals surface area (Å²) in [6, 6.07) is 5.25. The molecule has 112 valence electrons. The highest BCUT2D eigenvalue weighted by Gasteiger charge is 2.33. The first-order chi connectivity index (χ1) is 9.36.